The minimum atomic E-state index is -4.41. The van der Waals surface area contributed by atoms with Crippen LogP contribution < -0.4 is 15.4 Å². The van der Waals surface area contributed by atoms with E-state index in [0.29, 0.717) is 23.3 Å². The van der Waals surface area contributed by atoms with Gasteiger partial charge in [-0.3, -0.25) is 9.59 Å². The van der Waals surface area contributed by atoms with Crippen molar-refractivity contribution in [2.75, 3.05) is 7.11 Å². The molecule has 8 heteroatoms. The average Bonchev–Trinajstić information content (AvgIpc) is 2.74. The van der Waals surface area contributed by atoms with E-state index >= 15 is 0 Å². The predicted molar refractivity (Wildman–Crippen MR) is 107 cm³/mol. The van der Waals surface area contributed by atoms with E-state index in [2.05, 4.69) is 10.6 Å². The van der Waals surface area contributed by atoms with Gasteiger partial charge in [-0.1, -0.05) is 32.4 Å². The molecular weight excluding hydrogens is 397 g/mol. The lowest BCUT2D eigenvalue weighted by atomic mass is 9.97. The zero-order valence-electron chi connectivity index (χ0n) is 17.0. The van der Waals surface area contributed by atoms with Crippen LogP contribution in [0.1, 0.15) is 41.8 Å². The summed E-state index contributed by atoms with van der Waals surface area (Å²) in [4.78, 5) is 25.2. The standard InChI is InChI=1S/C22H25F3N2O3/c1-4-14(2)19(27-20(28)16-7-11-18(30-3)12-8-16)21(29)26-13-15-5-9-17(10-6-15)22(23,24)25/h5-12,14,19H,4,13H2,1-3H3,(H,26,29)(H,27,28)/t14-,19-/m0/s1. The van der Waals surface area contributed by atoms with Crippen molar-refractivity contribution < 1.29 is 27.5 Å². The van der Waals surface area contributed by atoms with Crippen molar-refractivity contribution in [3.8, 4) is 5.75 Å². The number of carbonyl (C=O) groups excluding carboxylic acids is 2. The molecule has 0 heterocycles. The predicted octanol–water partition coefficient (Wildman–Crippen LogP) is 4.17. The highest BCUT2D eigenvalue weighted by atomic mass is 19.4. The molecule has 162 valence electrons. The fraction of sp³-hybridized carbons (Fsp3) is 0.364. The van der Waals surface area contributed by atoms with E-state index in [-0.39, 0.29) is 12.5 Å². The molecule has 30 heavy (non-hydrogen) atoms. The van der Waals surface area contributed by atoms with Crippen LogP contribution in [0.4, 0.5) is 13.2 Å². The van der Waals surface area contributed by atoms with Crippen LogP contribution in [0.2, 0.25) is 0 Å². The Hall–Kier alpha value is -3.03. The zero-order valence-corrected chi connectivity index (χ0v) is 17.0. The van der Waals surface area contributed by atoms with Crippen LogP contribution in [0.15, 0.2) is 48.5 Å². The van der Waals surface area contributed by atoms with Crippen LogP contribution in [0.25, 0.3) is 0 Å². The van der Waals surface area contributed by atoms with Crippen LogP contribution >= 0.6 is 0 Å². The summed E-state index contributed by atoms with van der Waals surface area (Å²) in [5.41, 5.74) is 0.169. The number of methoxy groups -OCH3 is 1. The SMILES string of the molecule is CC[C@H](C)[C@H](NC(=O)c1ccc(OC)cc1)C(=O)NCc1ccc(C(F)(F)F)cc1. The number of halogens is 3. The summed E-state index contributed by atoms with van der Waals surface area (Å²) in [6.07, 6.45) is -3.75. The van der Waals surface area contributed by atoms with Crippen molar-refractivity contribution in [2.24, 2.45) is 5.92 Å². The first-order valence-electron chi connectivity index (χ1n) is 9.54. The van der Waals surface area contributed by atoms with Gasteiger partial charge in [0.1, 0.15) is 11.8 Å². The summed E-state index contributed by atoms with van der Waals surface area (Å²) >= 11 is 0. The van der Waals surface area contributed by atoms with Crippen LogP contribution in [0, 0.1) is 5.92 Å². The highest BCUT2D eigenvalue weighted by molar-refractivity contribution is 5.97. The zero-order chi connectivity index (χ0) is 22.3. The number of rotatable bonds is 8. The Labute approximate surface area is 173 Å². The molecule has 0 aromatic heterocycles. The van der Waals surface area contributed by atoms with Gasteiger partial charge in [-0.15, -0.1) is 0 Å². The third-order valence-corrected chi connectivity index (χ3v) is 4.88. The number of hydrogen-bond donors (Lipinski definition) is 2. The first-order valence-corrected chi connectivity index (χ1v) is 9.54. The van der Waals surface area contributed by atoms with E-state index in [4.69, 9.17) is 4.74 Å². The van der Waals surface area contributed by atoms with E-state index in [1.807, 2.05) is 13.8 Å². The fourth-order valence-corrected chi connectivity index (χ4v) is 2.78. The Kier molecular flexibility index (Phi) is 7.86. The number of hydrogen-bond acceptors (Lipinski definition) is 3. The second-order valence-corrected chi connectivity index (χ2v) is 6.98. The molecule has 0 aliphatic heterocycles. The molecule has 0 spiro atoms. The molecule has 0 saturated carbocycles. The molecule has 0 aliphatic rings. The lowest BCUT2D eigenvalue weighted by molar-refractivity contribution is -0.137. The van der Waals surface area contributed by atoms with Crippen molar-refractivity contribution >= 4 is 11.8 Å². The maximum Gasteiger partial charge on any atom is 0.416 e. The van der Waals surface area contributed by atoms with Gasteiger partial charge < -0.3 is 15.4 Å². The maximum absolute atomic E-state index is 12.7. The number of nitrogens with one attached hydrogen (secondary N) is 2. The quantitative estimate of drug-likeness (QED) is 0.671. The normalized spacial score (nSPS) is 13.3. The van der Waals surface area contributed by atoms with Gasteiger partial charge >= 0.3 is 6.18 Å². The van der Waals surface area contributed by atoms with Crippen LogP contribution in [0.5, 0.6) is 5.75 Å². The Morgan fingerprint density at radius 1 is 1.03 bits per heavy atom. The summed E-state index contributed by atoms with van der Waals surface area (Å²) < 4.78 is 43.0. The Morgan fingerprint density at radius 2 is 1.63 bits per heavy atom. The molecule has 2 amide bonds. The number of ether oxygens (including phenoxy) is 1. The van der Waals surface area contributed by atoms with Gasteiger partial charge in [0, 0.05) is 12.1 Å². The molecule has 0 aliphatic carbocycles. The van der Waals surface area contributed by atoms with Crippen molar-refractivity contribution in [3.05, 3.63) is 65.2 Å². The van der Waals surface area contributed by atoms with Crippen LogP contribution in [-0.4, -0.2) is 25.0 Å². The van der Waals surface area contributed by atoms with Gasteiger partial charge in [-0.2, -0.15) is 13.2 Å². The molecule has 0 fully saturated rings. The number of alkyl halides is 3. The van der Waals surface area contributed by atoms with Crippen LogP contribution in [-0.2, 0) is 17.5 Å². The average molecular weight is 422 g/mol. The molecule has 2 rings (SSSR count). The third kappa shape index (κ3) is 6.23. The minimum absolute atomic E-state index is 0.0578. The molecule has 2 aromatic rings. The summed E-state index contributed by atoms with van der Waals surface area (Å²) in [5, 5.41) is 5.44. The first kappa shape index (κ1) is 23.3. The van der Waals surface area contributed by atoms with E-state index in [1.54, 1.807) is 24.3 Å². The molecule has 2 N–H and O–H groups in total. The van der Waals surface area contributed by atoms with Crippen LogP contribution in [0.3, 0.4) is 0 Å². The molecule has 0 saturated heterocycles. The van der Waals surface area contributed by atoms with Crippen molar-refractivity contribution in [3.63, 3.8) is 0 Å². The Morgan fingerprint density at radius 3 is 2.13 bits per heavy atom. The van der Waals surface area contributed by atoms with Crippen molar-refractivity contribution in [2.45, 2.75) is 39.0 Å². The summed E-state index contributed by atoms with van der Waals surface area (Å²) in [6, 6.07) is 10.3. The molecule has 2 aromatic carbocycles. The maximum atomic E-state index is 12.7. The fourth-order valence-electron chi connectivity index (χ4n) is 2.78. The Balaban J connectivity index is 2.03. The van der Waals surface area contributed by atoms with Gasteiger partial charge in [0.25, 0.3) is 5.91 Å². The highest BCUT2D eigenvalue weighted by Crippen LogP contribution is 2.29. The molecule has 2 atom stereocenters. The smallest absolute Gasteiger partial charge is 0.416 e. The second-order valence-electron chi connectivity index (χ2n) is 6.98. The van der Waals surface area contributed by atoms with E-state index < -0.39 is 29.6 Å². The monoisotopic (exact) mass is 422 g/mol. The third-order valence-electron chi connectivity index (χ3n) is 4.88. The lowest BCUT2D eigenvalue weighted by Gasteiger charge is -2.23. The summed E-state index contributed by atoms with van der Waals surface area (Å²) in [6.45, 7) is 3.80. The van der Waals surface area contributed by atoms with E-state index in [0.717, 1.165) is 12.1 Å². The largest absolute Gasteiger partial charge is 0.497 e. The summed E-state index contributed by atoms with van der Waals surface area (Å²) in [5.74, 6) is -0.321. The van der Waals surface area contributed by atoms with Crippen molar-refractivity contribution in [1.29, 1.82) is 0 Å². The first-order chi connectivity index (χ1) is 14.2. The van der Waals surface area contributed by atoms with Gasteiger partial charge in [-0.05, 0) is 47.9 Å². The highest BCUT2D eigenvalue weighted by Gasteiger charge is 2.30. The molecule has 5 nitrogen and oxygen atoms in total. The molecular formula is C22H25F3N2O3. The van der Waals surface area contributed by atoms with E-state index in [9.17, 15) is 22.8 Å². The molecule has 0 unspecified atom stereocenters. The van der Waals surface area contributed by atoms with Gasteiger partial charge in [0.05, 0.1) is 12.7 Å². The second kappa shape index (κ2) is 10.1. The molecule has 0 radical (unpaired) electrons. The van der Waals surface area contributed by atoms with Gasteiger partial charge in [-0.25, -0.2) is 0 Å². The van der Waals surface area contributed by atoms with E-state index in [1.165, 1.54) is 19.2 Å². The van der Waals surface area contributed by atoms with Crippen molar-refractivity contribution in [1.82, 2.24) is 10.6 Å². The topological polar surface area (TPSA) is 67.4 Å². The molecule has 0 bridgehead atoms. The van der Waals surface area contributed by atoms with Gasteiger partial charge in [0.2, 0.25) is 5.91 Å². The lowest BCUT2D eigenvalue weighted by Crippen LogP contribution is -2.50. The minimum Gasteiger partial charge on any atom is -0.497 e. The Bertz CT molecular complexity index is 849. The number of amides is 2. The number of carbonyl (C=O) groups is 2. The summed E-state index contributed by atoms with van der Waals surface area (Å²) in [7, 11) is 1.52. The number of benzene rings is 2. The van der Waals surface area contributed by atoms with Gasteiger partial charge in [0.15, 0.2) is 0 Å².